The molecule has 4 rings (SSSR count). The molecule has 5 nitrogen and oxygen atoms in total. The van der Waals surface area contributed by atoms with Crippen molar-refractivity contribution in [2.24, 2.45) is 0 Å². The summed E-state index contributed by atoms with van der Waals surface area (Å²) in [7, 11) is 1.63. The maximum Gasteiger partial charge on any atom is 0.264 e. The predicted molar refractivity (Wildman–Crippen MR) is 124 cm³/mol. The lowest BCUT2D eigenvalue weighted by molar-refractivity contribution is 0.0633. The Labute approximate surface area is 191 Å². The highest BCUT2D eigenvalue weighted by atomic mass is 35.5. The summed E-state index contributed by atoms with van der Waals surface area (Å²) in [6.07, 6.45) is 0. The van der Waals surface area contributed by atoms with Crippen LogP contribution in [0.1, 0.15) is 20.8 Å². The van der Waals surface area contributed by atoms with Crippen molar-refractivity contribution >= 4 is 28.8 Å². The van der Waals surface area contributed by atoms with Gasteiger partial charge in [-0.1, -0.05) is 29.8 Å². The van der Waals surface area contributed by atoms with Gasteiger partial charge in [0.1, 0.15) is 18.1 Å². The minimum absolute atomic E-state index is 0.101. The number of carbonyl (C=O) groups excluding carboxylic acids is 1. The molecule has 162 valence electrons. The van der Waals surface area contributed by atoms with Gasteiger partial charge >= 0.3 is 0 Å². The van der Waals surface area contributed by atoms with Gasteiger partial charge < -0.3 is 14.4 Å². The van der Waals surface area contributed by atoms with Crippen molar-refractivity contribution in [3.8, 4) is 11.5 Å². The third-order valence-electron chi connectivity index (χ3n) is 5.29. The second kappa shape index (κ2) is 10.2. The third kappa shape index (κ3) is 5.79. The number of methoxy groups -OCH3 is 1. The van der Waals surface area contributed by atoms with E-state index >= 15 is 0 Å². The number of nitrogens with zero attached hydrogens (tertiary/aromatic N) is 2. The first-order valence-corrected chi connectivity index (χ1v) is 11.5. The third-order valence-corrected chi connectivity index (χ3v) is 6.51. The highest BCUT2D eigenvalue weighted by Gasteiger charge is 2.23. The first-order valence-electron chi connectivity index (χ1n) is 10.2. The van der Waals surface area contributed by atoms with E-state index in [-0.39, 0.29) is 5.91 Å². The van der Waals surface area contributed by atoms with Crippen LogP contribution in [-0.4, -0.2) is 49.0 Å². The molecular formula is C24H25ClN2O3S. The molecule has 1 aliphatic heterocycles. The Bertz CT molecular complexity index is 1010. The Morgan fingerprint density at radius 3 is 2.48 bits per heavy atom. The summed E-state index contributed by atoms with van der Waals surface area (Å²) in [4.78, 5) is 18.0. The first-order chi connectivity index (χ1) is 15.1. The lowest BCUT2D eigenvalue weighted by Gasteiger charge is -2.34. The molecule has 31 heavy (non-hydrogen) atoms. The Hall–Kier alpha value is -2.54. The second-order valence-corrected chi connectivity index (χ2v) is 8.83. The van der Waals surface area contributed by atoms with Crippen LogP contribution in [0.2, 0.25) is 5.02 Å². The van der Waals surface area contributed by atoms with E-state index in [1.807, 2.05) is 52.7 Å². The highest BCUT2D eigenvalue weighted by molar-refractivity contribution is 7.12. The molecule has 1 aliphatic rings. The number of hydrogen-bond donors (Lipinski definition) is 0. The molecule has 0 atom stereocenters. The van der Waals surface area contributed by atoms with E-state index in [9.17, 15) is 4.79 Å². The molecule has 0 bridgehead atoms. The maximum absolute atomic E-state index is 12.9. The van der Waals surface area contributed by atoms with Gasteiger partial charge in [-0.05, 0) is 41.3 Å². The minimum atomic E-state index is 0.101. The van der Waals surface area contributed by atoms with Crippen molar-refractivity contribution < 1.29 is 14.3 Å². The number of benzene rings is 2. The van der Waals surface area contributed by atoms with Crippen molar-refractivity contribution in [1.82, 2.24) is 9.80 Å². The number of piperazine rings is 1. The number of hydrogen-bond acceptors (Lipinski definition) is 5. The quantitative estimate of drug-likeness (QED) is 0.504. The molecule has 2 heterocycles. The van der Waals surface area contributed by atoms with Crippen molar-refractivity contribution in [2.45, 2.75) is 13.2 Å². The van der Waals surface area contributed by atoms with Crippen molar-refractivity contribution in [3.63, 3.8) is 0 Å². The van der Waals surface area contributed by atoms with E-state index in [0.717, 1.165) is 59.7 Å². The Morgan fingerprint density at radius 1 is 1.00 bits per heavy atom. The average Bonchev–Trinajstić information content (AvgIpc) is 3.28. The van der Waals surface area contributed by atoms with Crippen LogP contribution in [0.25, 0.3) is 0 Å². The smallest absolute Gasteiger partial charge is 0.264 e. The first kappa shape index (κ1) is 21.7. The molecule has 0 N–H and O–H groups in total. The van der Waals surface area contributed by atoms with E-state index in [0.29, 0.717) is 6.61 Å². The lowest BCUT2D eigenvalue weighted by atomic mass is 10.2. The van der Waals surface area contributed by atoms with Gasteiger partial charge in [0.05, 0.1) is 12.0 Å². The van der Waals surface area contributed by atoms with Gasteiger partial charge in [0.2, 0.25) is 0 Å². The van der Waals surface area contributed by atoms with Crippen LogP contribution >= 0.6 is 22.9 Å². The molecule has 0 radical (unpaired) electrons. The molecule has 0 saturated carbocycles. The molecule has 0 spiro atoms. The Morgan fingerprint density at radius 2 is 1.74 bits per heavy atom. The summed E-state index contributed by atoms with van der Waals surface area (Å²) in [5, 5.41) is 2.74. The van der Waals surface area contributed by atoms with Gasteiger partial charge in [0, 0.05) is 49.4 Å². The van der Waals surface area contributed by atoms with Crippen molar-refractivity contribution in [3.05, 3.63) is 81.0 Å². The van der Waals surface area contributed by atoms with Crippen molar-refractivity contribution in [2.75, 3.05) is 33.3 Å². The van der Waals surface area contributed by atoms with E-state index < -0.39 is 0 Å². The lowest BCUT2D eigenvalue weighted by Crippen LogP contribution is -2.48. The number of amides is 1. The van der Waals surface area contributed by atoms with Crippen LogP contribution in [0, 0.1) is 0 Å². The monoisotopic (exact) mass is 456 g/mol. The number of thiophene rings is 1. The number of halogens is 1. The largest absolute Gasteiger partial charge is 0.497 e. The maximum atomic E-state index is 12.9. The molecule has 1 saturated heterocycles. The molecule has 1 fully saturated rings. The van der Waals surface area contributed by atoms with E-state index in [1.165, 1.54) is 16.9 Å². The van der Waals surface area contributed by atoms with E-state index in [4.69, 9.17) is 21.1 Å². The summed E-state index contributed by atoms with van der Waals surface area (Å²) in [6.45, 7) is 4.51. The van der Waals surface area contributed by atoms with Gasteiger partial charge in [0.25, 0.3) is 5.91 Å². The zero-order valence-electron chi connectivity index (χ0n) is 17.4. The van der Waals surface area contributed by atoms with E-state index in [1.54, 1.807) is 7.11 Å². The fraction of sp³-hybridized carbons (Fsp3) is 0.292. The second-order valence-electron chi connectivity index (χ2n) is 7.48. The molecular weight excluding hydrogens is 432 g/mol. The van der Waals surface area contributed by atoms with Crippen LogP contribution < -0.4 is 9.47 Å². The van der Waals surface area contributed by atoms with Gasteiger partial charge in [-0.15, -0.1) is 11.3 Å². The molecule has 2 aromatic carbocycles. The number of rotatable bonds is 7. The standard InChI is InChI=1S/C24H25ClN2O3S/c1-29-21-3-2-4-22(14-21)30-16-19-13-23(31-17-19)24(28)27-11-9-26(10-12-27)15-18-5-7-20(25)8-6-18/h2-8,13-14,17H,9-12,15-16H2,1H3. The SMILES string of the molecule is COc1cccc(OCc2csc(C(=O)N3CCN(Cc4ccc(Cl)cc4)CC3)c2)c1. The zero-order chi connectivity index (χ0) is 21.6. The zero-order valence-corrected chi connectivity index (χ0v) is 19.0. The van der Waals surface area contributed by atoms with Crippen LogP contribution in [0.3, 0.4) is 0 Å². The normalized spacial score (nSPS) is 14.5. The predicted octanol–water partition coefficient (Wildman–Crippen LogP) is 4.95. The van der Waals surface area contributed by atoms with Gasteiger partial charge in [-0.2, -0.15) is 0 Å². The summed E-state index contributed by atoms with van der Waals surface area (Å²) >= 11 is 7.44. The molecule has 0 aliphatic carbocycles. The summed E-state index contributed by atoms with van der Waals surface area (Å²) in [5.41, 5.74) is 2.24. The highest BCUT2D eigenvalue weighted by Crippen LogP contribution is 2.23. The number of carbonyl (C=O) groups is 1. The van der Waals surface area contributed by atoms with E-state index in [2.05, 4.69) is 17.0 Å². The molecule has 0 unspecified atom stereocenters. The van der Waals surface area contributed by atoms with Gasteiger partial charge in [0.15, 0.2) is 0 Å². The molecule has 1 amide bonds. The van der Waals surface area contributed by atoms with Crippen LogP contribution in [0.15, 0.2) is 60.0 Å². The molecule has 3 aromatic rings. The molecule has 7 heteroatoms. The summed E-state index contributed by atoms with van der Waals surface area (Å²) < 4.78 is 11.1. The van der Waals surface area contributed by atoms with Crippen molar-refractivity contribution in [1.29, 1.82) is 0 Å². The Kier molecular flexibility index (Phi) is 7.12. The fourth-order valence-electron chi connectivity index (χ4n) is 3.53. The topological polar surface area (TPSA) is 42.0 Å². The van der Waals surface area contributed by atoms with Gasteiger partial charge in [-0.3, -0.25) is 9.69 Å². The minimum Gasteiger partial charge on any atom is -0.497 e. The van der Waals surface area contributed by atoms with Crippen LogP contribution in [-0.2, 0) is 13.2 Å². The molecule has 1 aromatic heterocycles. The van der Waals surface area contributed by atoms with Crippen LogP contribution in [0.4, 0.5) is 0 Å². The summed E-state index contributed by atoms with van der Waals surface area (Å²) in [5.74, 6) is 1.60. The summed E-state index contributed by atoms with van der Waals surface area (Å²) in [6, 6.07) is 17.4. The fourth-order valence-corrected chi connectivity index (χ4v) is 4.52. The van der Waals surface area contributed by atoms with Crippen LogP contribution in [0.5, 0.6) is 11.5 Å². The number of ether oxygens (including phenoxy) is 2. The van der Waals surface area contributed by atoms with Gasteiger partial charge in [-0.25, -0.2) is 0 Å². The Balaban J connectivity index is 1.27. The average molecular weight is 457 g/mol.